The maximum absolute atomic E-state index is 6.22. The molecule has 3 atom stereocenters. The monoisotopic (exact) mass is 282 g/mol. The van der Waals surface area contributed by atoms with Crippen LogP contribution in [0.2, 0.25) is 0 Å². The highest BCUT2D eigenvalue weighted by Crippen LogP contribution is 2.32. The Morgan fingerprint density at radius 1 is 1.20 bits per heavy atom. The van der Waals surface area contributed by atoms with E-state index in [0.717, 1.165) is 12.6 Å². The molecule has 0 spiro atoms. The molecule has 0 amide bonds. The van der Waals surface area contributed by atoms with Crippen LogP contribution in [0.15, 0.2) is 0 Å². The van der Waals surface area contributed by atoms with Crippen molar-refractivity contribution in [3.05, 3.63) is 0 Å². The number of piperidine rings is 1. The van der Waals surface area contributed by atoms with Crippen molar-refractivity contribution in [1.29, 1.82) is 0 Å². The normalized spacial score (nSPS) is 36.1. The molecule has 20 heavy (non-hydrogen) atoms. The molecule has 2 rings (SSSR count). The minimum absolute atomic E-state index is 0.257. The minimum Gasteiger partial charge on any atom is -0.329 e. The minimum atomic E-state index is 0.257. The molecule has 118 valence electrons. The fourth-order valence-corrected chi connectivity index (χ4v) is 3.91. The van der Waals surface area contributed by atoms with E-state index in [4.69, 9.17) is 5.73 Å². The molecule has 2 aliphatic heterocycles. The zero-order valence-corrected chi connectivity index (χ0v) is 13.9. The molecule has 0 saturated carbocycles. The van der Waals surface area contributed by atoms with Gasteiger partial charge in [-0.15, -0.1) is 0 Å². The summed E-state index contributed by atoms with van der Waals surface area (Å²) in [5.41, 5.74) is 6.48. The Bertz CT molecular complexity index is 301. The van der Waals surface area contributed by atoms with Crippen molar-refractivity contribution in [1.82, 2.24) is 14.7 Å². The summed E-state index contributed by atoms with van der Waals surface area (Å²) in [5, 5.41) is 0. The number of hydrogen-bond donors (Lipinski definition) is 1. The summed E-state index contributed by atoms with van der Waals surface area (Å²) in [6.45, 7) is 13.8. The lowest BCUT2D eigenvalue weighted by molar-refractivity contribution is -0.0239. The van der Waals surface area contributed by atoms with Gasteiger partial charge in [-0.05, 0) is 46.7 Å². The van der Waals surface area contributed by atoms with Crippen LogP contribution >= 0.6 is 0 Å². The highest BCUT2D eigenvalue weighted by molar-refractivity contribution is 5.00. The maximum atomic E-state index is 6.22. The Morgan fingerprint density at radius 3 is 2.35 bits per heavy atom. The van der Waals surface area contributed by atoms with Crippen LogP contribution in [0, 0.1) is 0 Å². The molecule has 2 saturated heterocycles. The van der Waals surface area contributed by atoms with Crippen LogP contribution in [0.25, 0.3) is 0 Å². The van der Waals surface area contributed by atoms with E-state index in [1.54, 1.807) is 0 Å². The van der Waals surface area contributed by atoms with E-state index < -0.39 is 0 Å². The van der Waals surface area contributed by atoms with Crippen LogP contribution in [0.5, 0.6) is 0 Å². The Balaban J connectivity index is 1.97. The van der Waals surface area contributed by atoms with Gasteiger partial charge in [0.15, 0.2) is 0 Å². The van der Waals surface area contributed by atoms with Gasteiger partial charge in [0.25, 0.3) is 0 Å². The van der Waals surface area contributed by atoms with Gasteiger partial charge in [-0.3, -0.25) is 9.80 Å². The van der Waals surface area contributed by atoms with Crippen LogP contribution in [-0.2, 0) is 0 Å². The fraction of sp³-hybridized carbons (Fsp3) is 1.00. The third kappa shape index (κ3) is 3.19. The van der Waals surface area contributed by atoms with Crippen molar-refractivity contribution >= 4 is 0 Å². The number of nitrogens with zero attached hydrogens (tertiary/aromatic N) is 3. The Morgan fingerprint density at radius 2 is 1.85 bits per heavy atom. The molecule has 0 bridgehead atoms. The zero-order chi connectivity index (χ0) is 14.8. The number of hydrogen-bond acceptors (Lipinski definition) is 4. The molecule has 0 aromatic rings. The molecule has 0 radical (unpaired) electrons. The van der Waals surface area contributed by atoms with E-state index in [1.165, 1.54) is 52.0 Å². The van der Waals surface area contributed by atoms with E-state index in [2.05, 4.69) is 42.5 Å². The summed E-state index contributed by atoms with van der Waals surface area (Å²) in [6.07, 6.45) is 3.71. The van der Waals surface area contributed by atoms with Crippen molar-refractivity contribution in [3.63, 3.8) is 0 Å². The van der Waals surface area contributed by atoms with Crippen LogP contribution < -0.4 is 5.73 Å². The van der Waals surface area contributed by atoms with Crippen molar-refractivity contribution in [2.45, 2.75) is 57.7 Å². The molecule has 2 aliphatic rings. The Labute approximate surface area is 125 Å². The van der Waals surface area contributed by atoms with Gasteiger partial charge >= 0.3 is 0 Å². The molecular formula is C16H34N4. The summed E-state index contributed by atoms with van der Waals surface area (Å²) < 4.78 is 0. The van der Waals surface area contributed by atoms with Gasteiger partial charge in [-0.25, -0.2) is 0 Å². The molecule has 2 heterocycles. The molecule has 4 heteroatoms. The van der Waals surface area contributed by atoms with E-state index in [1.807, 2.05) is 0 Å². The maximum Gasteiger partial charge on any atom is 0.0359 e. The number of piperazine rings is 1. The number of nitrogens with two attached hydrogens (primary N) is 1. The van der Waals surface area contributed by atoms with Gasteiger partial charge in [-0.1, -0.05) is 6.92 Å². The second kappa shape index (κ2) is 6.73. The molecule has 3 unspecified atom stereocenters. The average molecular weight is 282 g/mol. The third-order valence-electron chi connectivity index (χ3n) is 5.94. The summed E-state index contributed by atoms with van der Waals surface area (Å²) in [5.74, 6) is 0. The van der Waals surface area contributed by atoms with Gasteiger partial charge in [0.05, 0.1) is 0 Å². The quantitative estimate of drug-likeness (QED) is 0.841. The van der Waals surface area contributed by atoms with Gasteiger partial charge in [0.2, 0.25) is 0 Å². The van der Waals surface area contributed by atoms with Crippen molar-refractivity contribution < 1.29 is 0 Å². The van der Waals surface area contributed by atoms with Crippen LogP contribution in [0.3, 0.4) is 0 Å². The molecule has 0 aromatic heterocycles. The predicted octanol–water partition coefficient (Wildman–Crippen LogP) is 1.21. The highest BCUT2D eigenvalue weighted by atomic mass is 15.3. The molecule has 2 fully saturated rings. The average Bonchev–Trinajstić information content (AvgIpc) is 2.49. The molecule has 2 N–H and O–H groups in total. The van der Waals surface area contributed by atoms with Crippen molar-refractivity contribution in [3.8, 4) is 0 Å². The van der Waals surface area contributed by atoms with Crippen LogP contribution in [0.1, 0.15) is 40.0 Å². The first-order valence-electron chi connectivity index (χ1n) is 8.42. The fourth-order valence-electron chi connectivity index (χ4n) is 3.91. The van der Waals surface area contributed by atoms with E-state index in [0.29, 0.717) is 6.04 Å². The van der Waals surface area contributed by atoms with Gasteiger partial charge in [0.1, 0.15) is 0 Å². The predicted molar refractivity (Wildman–Crippen MR) is 86.0 cm³/mol. The lowest BCUT2D eigenvalue weighted by Gasteiger charge is -2.53. The van der Waals surface area contributed by atoms with Gasteiger partial charge < -0.3 is 10.6 Å². The molecule has 0 aromatic carbocycles. The van der Waals surface area contributed by atoms with E-state index in [-0.39, 0.29) is 5.54 Å². The second-order valence-corrected chi connectivity index (χ2v) is 6.99. The Hall–Kier alpha value is -0.160. The molecule has 0 aliphatic carbocycles. The number of likely N-dealkylation sites (tertiary alicyclic amines) is 1. The molecule has 4 nitrogen and oxygen atoms in total. The Kier molecular flexibility index (Phi) is 5.46. The summed E-state index contributed by atoms with van der Waals surface area (Å²) >= 11 is 0. The third-order valence-corrected chi connectivity index (χ3v) is 5.94. The highest BCUT2D eigenvalue weighted by Gasteiger charge is 2.41. The lowest BCUT2D eigenvalue weighted by Crippen LogP contribution is -2.65. The first-order valence-corrected chi connectivity index (χ1v) is 8.42. The van der Waals surface area contributed by atoms with E-state index in [9.17, 15) is 0 Å². The van der Waals surface area contributed by atoms with Crippen molar-refractivity contribution in [2.24, 2.45) is 5.73 Å². The lowest BCUT2D eigenvalue weighted by atomic mass is 9.81. The standard InChI is InChI=1S/C16H34N4/c1-5-14(2)19-8-10-20(11-9-19)16(13-17)6-7-18(4)15(3)12-16/h14-15H,5-13,17H2,1-4H3. The zero-order valence-electron chi connectivity index (χ0n) is 13.9. The van der Waals surface area contributed by atoms with Gasteiger partial charge in [0, 0.05) is 50.3 Å². The SMILES string of the molecule is CCC(C)N1CCN(C2(CN)CCN(C)C(C)C2)CC1. The smallest absolute Gasteiger partial charge is 0.0359 e. The first kappa shape index (κ1) is 16.2. The first-order chi connectivity index (χ1) is 9.52. The largest absolute Gasteiger partial charge is 0.329 e. The summed E-state index contributed by atoms with van der Waals surface area (Å²) in [7, 11) is 2.24. The van der Waals surface area contributed by atoms with Crippen molar-refractivity contribution in [2.75, 3.05) is 46.3 Å². The summed E-state index contributed by atoms with van der Waals surface area (Å²) in [4.78, 5) is 7.82. The van der Waals surface area contributed by atoms with E-state index >= 15 is 0 Å². The molecular weight excluding hydrogens is 248 g/mol. The second-order valence-electron chi connectivity index (χ2n) is 6.99. The number of rotatable bonds is 4. The van der Waals surface area contributed by atoms with Gasteiger partial charge in [-0.2, -0.15) is 0 Å². The van der Waals surface area contributed by atoms with Crippen LogP contribution in [-0.4, -0.2) is 78.6 Å². The van der Waals surface area contributed by atoms with Crippen LogP contribution in [0.4, 0.5) is 0 Å². The topological polar surface area (TPSA) is 35.7 Å². The summed E-state index contributed by atoms with van der Waals surface area (Å²) in [6, 6.07) is 1.38.